The van der Waals surface area contributed by atoms with Gasteiger partial charge in [0.25, 0.3) is 0 Å². The number of anilines is 1. The molecule has 3 nitrogen and oxygen atoms in total. The van der Waals surface area contributed by atoms with Crippen LogP contribution in [0.2, 0.25) is 0 Å². The van der Waals surface area contributed by atoms with Crippen molar-refractivity contribution < 1.29 is 13.9 Å². The van der Waals surface area contributed by atoms with Crippen LogP contribution in [0.4, 0.5) is 10.1 Å². The maximum Gasteiger partial charge on any atom is 0.221 e. The van der Waals surface area contributed by atoms with Crippen molar-refractivity contribution in [3.8, 4) is 11.5 Å². The molecule has 1 amide bonds. The van der Waals surface area contributed by atoms with Gasteiger partial charge in [-0.25, -0.2) is 4.39 Å². The van der Waals surface area contributed by atoms with Crippen molar-refractivity contribution in [3.63, 3.8) is 0 Å². The normalized spacial score (nSPS) is 9.89. The van der Waals surface area contributed by atoms with Crippen molar-refractivity contribution in [1.82, 2.24) is 0 Å². The number of halogens is 1. The molecule has 0 aliphatic carbocycles. The minimum Gasteiger partial charge on any atom is -0.452 e. The van der Waals surface area contributed by atoms with Crippen molar-refractivity contribution in [3.05, 3.63) is 54.3 Å². The third kappa shape index (κ3) is 2.85. The summed E-state index contributed by atoms with van der Waals surface area (Å²) < 4.78 is 19.2. The van der Waals surface area contributed by atoms with Crippen molar-refractivity contribution in [2.75, 3.05) is 5.32 Å². The Hall–Kier alpha value is -2.36. The van der Waals surface area contributed by atoms with Crippen molar-refractivity contribution in [1.29, 1.82) is 0 Å². The third-order valence-electron chi connectivity index (χ3n) is 2.24. The minimum atomic E-state index is -0.523. The van der Waals surface area contributed by atoms with Gasteiger partial charge < -0.3 is 10.1 Å². The van der Waals surface area contributed by atoms with Crippen LogP contribution in [0.15, 0.2) is 48.5 Å². The summed E-state index contributed by atoms with van der Waals surface area (Å²) in [5.74, 6) is -0.281. The van der Waals surface area contributed by atoms with Gasteiger partial charge in [0.1, 0.15) is 5.75 Å². The van der Waals surface area contributed by atoms with Crippen LogP contribution < -0.4 is 10.1 Å². The number of hydrogen-bond acceptors (Lipinski definition) is 2. The molecular weight excluding hydrogens is 233 g/mol. The maximum atomic E-state index is 13.7. The predicted octanol–water partition coefficient (Wildman–Crippen LogP) is 3.58. The molecule has 2 rings (SSSR count). The largest absolute Gasteiger partial charge is 0.452 e. The fraction of sp³-hybridized carbons (Fsp3) is 0.0714. The van der Waals surface area contributed by atoms with Gasteiger partial charge in [-0.3, -0.25) is 4.79 Å². The quantitative estimate of drug-likeness (QED) is 0.897. The van der Waals surface area contributed by atoms with Crippen molar-refractivity contribution in [2.24, 2.45) is 0 Å². The monoisotopic (exact) mass is 245 g/mol. The Balaban J connectivity index is 2.34. The van der Waals surface area contributed by atoms with Crippen LogP contribution in [0.3, 0.4) is 0 Å². The standard InChI is InChI=1S/C14H12FNO2/c1-10(17)16-13-9-5-8-12(15)14(13)18-11-6-3-2-4-7-11/h2-9H,1H3,(H,16,17). The van der Waals surface area contributed by atoms with Gasteiger partial charge in [0, 0.05) is 6.92 Å². The van der Waals surface area contributed by atoms with Crippen LogP contribution in [-0.2, 0) is 4.79 Å². The molecule has 92 valence electrons. The van der Waals surface area contributed by atoms with Crippen LogP contribution in [0.1, 0.15) is 6.92 Å². The first kappa shape index (κ1) is 12.1. The van der Waals surface area contributed by atoms with E-state index in [9.17, 15) is 9.18 Å². The Morgan fingerprint density at radius 2 is 1.83 bits per heavy atom. The molecule has 0 aliphatic heterocycles. The van der Waals surface area contributed by atoms with Crippen LogP contribution in [-0.4, -0.2) is 5.91 Å². The summed E-state index contributed by atoms with van der Waals surface area (Å²) in [5, 5.41) is 2.53. The predicted molar refractivity (Wildman–Crippen MR) is 67.2 cm³/mol. The molecule has 2 aromatic rings. The Bertz CT molecular complexity index is 555. The second-order valence-electron chi connectivity index (χ2n) is 3.71. The molecule has 2 aromatic carbocycles. The van der Waals surface area contributed by atoms with Gasteiger partial charge in [-0.15, -0.1) is 0 Å². The lowest BCUT2D eigenvalue weighted by Gasteiger charge is -2.12. The zero-order valence-electron chi connectivity index (χ0n) is 9.81. The molecule has 0 saturated heterocycles. The van der Waals surface area contributed by atoms with Gasteiger partial charge in [-0.2, -0.15) is 0 Å². The first-order chi connectivity index (χ1) is 8.66. The molecule has 0 radical (unpaired) electrons. The van der Waals surface area contributed by atoms with Crippen LogP contribution >= 0.6 is 0 Å². The van der Waals surface area contributed by atoms with Gasteiger partial charge in [0.2, 0.25) is 5.91 Å². The minimum absolute atomic E-state index is 0.0129. The first-order valence-corrected chi connectivity index (χ1v) is 5.46. The fourth-order valence-corrected chi connectivity index (χ4v) is 1.51. The van der Waals surface area contributed by atoms with E-state index in [2.05, 4.69) is 5.32 Å². The number of nitrogens with one attached hydrogen (secondary N) is 1. The number of rotatable bonds is 3. The van der Waals surface area contributed by atoms with E-state index < -0.39 is 5.82 Å². The van der Waals surface area contributed by atoms with E-state index in [0.29, 0.717) is 11.4 Å². The molecule has 0 atom stereocenters. The summed E-state index contributed by atoms with van der Waals surface area (Å²) in [7, 11) is 0. The van der Waals surface area contributed by atoms with Gasteiger partial charge in [0.05, 0.1) is 5.69 Å². The smallest absolute Gasteiger partial charge is 0.221 e. The lowest BCUT2D eigenvalue weighted by atomic mass is 10.2. The van der Waals surface area contributed by atoms with Gasteiger partial charge in [-0.1, -0.05) is 24.3 Å². The summed E-state index contributed by atoms with van der Waals surface area (Å²) in [5.41, 5.74) is 0.311. The third-order valence-corrected chi connectivity index (χ3v) is 2.24. The average molecular weight is 245 g/mol. The second kappa shape index (κ2) is 5.31. The number of amides is 1. The molecule has 0 unspecified atom stereocenters. The van der Waals surface area contributed by atoms with Gasteiger partial charge in [0.15, 0.2) is 11.6 Å². The molecule has 0 aliphatic rings. The molecule has 0 fully saturated rings. The van der Waals surface area contributed by atoms with Crippen LogP contribution in [0.25, 0.3) is 0 Å². The molecule has 0 aromatic heterocycles. The number of hydrogen-bond donors (Lipinski definition) is 1. The zero-order valence-corrected chi connectivity index (χ0v) is 9.81. The highest BCUT2D eigenvalue weighted by Crippen LogP contribution is 2.32. The fourth-order valence-electron chi connectivity index (χ4n) is 1.51. The summed E-state index contributed by atoms with van der Waals surface area (Å²) in [6, 6.07) is 13.2. The highest BCUT2D eigenvalue weighted by atomic mass is 19.1. The summed E-state index contributed by atoms with van der Waals surface area (Å²) in [4.78, 5) is 11.0. The van der Waals surface area contributed by atoms with E-state index >= 15 is 0 Å². The lowest BCUT2D eigenvalue weighted by Crippen LogP contribution is -2.07. The Labute approximate surface area is 104 Å². The topological polar surface area (TPSA) is 38.3 Å². The number of carbonyl (C=O) groups excluding carboxylic acids is 1. The average Bonchev–Trinajstić information content (AvgIpc) is 2.34. The van der Waals surface area contributed by atoms with Crippen LogP contribution in [0, 0.1) is 5.82 Å². The Morgan fingerprint density at radius 1 is 1.11 bits per heavy atom. The molecule has 18 heavy (non-hydrogen) atoms. The second-order valence-corrected chi connectivity index (χ2v) is 3.71. The number of ether oxygens (including phenoxy) is 1. The van der Waals surface area contributed by atoms with Gasteiger partial charge >= 0.3 is 0 Å². The Morgan fingerprint density at radius 3 is 2.50 bits per heavy atom. The molecule has 0 bridgehead atoms. The maximum absolute atomic E-state index is 13.7. The number of para-hydroxylation sites is 2. The lowest BCUT2D eigenvalue weighted by molar-refractivity contribution is -0.114. The van der Waals surface area contributed by atoms with E-state index in [-0.39, 0.29) is 11.7 Å². The van der Waals surface area contributed by atoms with E-state index in [4.69, 9.17) is 4.74 Å². The van der Waals surface area contributed by atoms with Crippen molar-refractivity contribution in [2.45, 2.75) is 6.92 Å². The van der Waals surface area contributed by atoms with E-state index in [1.54, 1.807) is 30.3 Å². The van der Waals surface area contributed by atoms with Crippen LogP contribution in [0.5, 0.6) is 11.5 Å². The highest BCUT2D eigenvalue weighted by molar-refractivity contribution is 5.90. The molecule has 0 heterocycles. The molecule has 1 N–H and O–H groups in total. The molecule has 0 spiro atoms. The van der Waals surface area contributed by atoms with Crippen molar-refractivity contribution >= 4 is 11.6 Å². The summed E-state index contributed by atoms with van der Waals surface area (Å²) in [6.45, 7) is 1.36. The Kier molecular flexibility index (Phi) is 3.57. The summed E-state index contributed by atoms with van der Waals surface area (Å²) in [6.07, 6.45) is 0. The zero-order chi connectivity index (χ0) is 13.0. The first-order valence-electron chi connectivity index (χ1n) is 5.46. The molecular formula is C14H12FNO2. The number of carbonyl (C=O) groups is 1. The van der Waals surface area contributed by atoms with E-state index in [0.717, 1.165) is 0 Å². The highest BCUT2D eigenvalue weighted by Gasteiger charge is 2.11. The SMILES string of the molecule is CC(=O)Nc1cccc(F)c1Oc1ccccc1. The van der Waals surface area contributed by atoms with E-state index in [1.807, 2.05) is 6.07 Å². The molecule has 4 heteroatoms. The summed E-state index contributed by atoms with van der Waals surface area (Å²) >= 11 is 0. The number of benzene rings is 2. The van der Waals surface area contributed by atoms with Gasteiger partial charge in [-0.05, 0) is 24.3 Å². The van der Waals surface area contributed by atoms with E-state index in [1.165, 1.54) is 19.1 Å². The molecule has 0 saturated carbocycles.